The molecule has 2 amide bonds. The van der Waals surface area contributed by atoms with Gasteiger partial charge in [0.25, 0.3) is 0 Å². The first-order chi connectivity index (χ1) is 12.8. The van der Waals surface area contributed by atoms with Crippen molar-refractivity contribution < 1.29 is 18.0 Å². The molecule has 10 heteroatoms. The Balaban J connectivity index is 1.57. The number of benzene rings is 1. The van der Waals surface area contributed by atoms with Gasteiger partial charge >= 0.3 is 0 Å². The molecule has 1 aromatic carbocycles. The molecule has 0 unspecified atom stereocenters. The van der Waals surface area contributed by atoms with E-state index in [4.69, 9.17) is 5.14 Å². The third-order valence-corrected chi connectivity index (χ3v) is 4.73. The molecule has 146 valence electrons. The lowest BCUT2D eigenvalue weighted by Crippen LogP contribution is -2.29. The number of nitrogens with two attached hydrogens (primary N) is 1. The van der Waals surface area contributed by atoms with Crippen molar-refractivity contribution in [1.82, 2.24) is 20.6 Å². The Morgan fingerprint density at radius 1 is 1.07 bits per heavy atom. The Hall–Kier alpha value is -2.72. The summed E-state index contributed by atoms with van der Waals surface area (Å²) in [5, 5.41) is 10.6. The summed E-state index contributed by atoms with van der Waals surface area (Å²) in [4.78, 5) is 30.2. The first-order valence-corrected chi connectivity index (χ1v) is 10.0. The SMILES string of the molecule is NS(=O)(=O)c1ccc(CCNC(=O)CCCNC(=O)Cc2cnc[nH]2)cc1. The van der Waals surface area contributed by atoms with Crippen LogP contribution in [0.2, 0.25) is 0 Å². The number of aromatic nitrogens is 2. The standard InChI is InChI=1S/C17H23N5O4S/c18-27(25,26)15-5-3-13(4-6-15)7-9-21-16(23)2-1-8-20-17(24)10-14-11-19-12-22-14/h3-6,11-12H,1-2,7-10H2,(H,19,22)(H,20,24)(H,21,23)(H2,18,25,26). The summed E-state index contributed by atoms with van der Waals surface area (Å²) in [5.74, 6) is -0.221. The van der Waals surface area contributed by atoms with Crippen LogP contribution >= 0.6 is 0 Å². The lowest BCUT2D eigenvalue weighted by Gasteiger charge is -2.07. The van der Waals surface area contributed by atoms with E-state index in [0.717, 1.165) is 11.3 Å². The van der Waals surface area contributed by atoms with E-state index in [2.05, 4.69) is 20.6 Å². The Morgan fingerprint density at radius 3 is 2.41 bits per heavy atom. The van der Waals surface area contributed by atoms with Crippen molar-refractivity contribution in [2.45, 2.75) is 30.6 Å². The van der Waals surface area contributed by atoms with Crippen LogP contribution in [-0.2, 0) is 32.5 Å². The summed E-state index contributed by atoms with van der Waals surface area (Å²) in [5.41, 5.74) is 1.64. The van der Waals surface area contributed by atoms with Crippen molar-refractivity contribution in [3.05, 3.63) is 48.0 Å². The van der Waals surface area contributed by atoms with Gasteiger partial charge in [-0.25, -0.2) is 18.5 Å². The predicted octanol–water partition coefficient (Wildman–Crippen LogP) is -0.145. The van der Waals surface area contributed by atoms with E-state index in [-0.39, 0.29) is 23.1 Å². The average Bonchev–Trinajstić information content (AvgIpc) is 3.11. The van der Waals surface area contributed by atoms with Crippen molar-refractivity contribution >= 4 is 21.8 Å². The Morgan fingerprint density at radius 2 is 1.78 bits per heavy atom. The van der Waals surface area contributed by atoms with Crippen LogP contribution in [0, 0.1) is 0 Å². The van der Waals surface area contributed by atoms with E-state index in [0.29, 0.717) is 32.4 Å². The van der Waals surface area contributed by atoms with Crippen LogP contribution < -0.4 is 15.8 Å². The Labute approximate surface area is 157 Å². The molecular formula is C17H23N5O4S. The number of aromatic amines is 1. The molecule has 0 radical (unpaired) electrons. The number of carbonyl (C=O) groups excluding carboxylic acids is 2. The first-order valence-electron chi connectivity index (χ1n) is 8.47. The van der Waals surface area contributed by atoms with Gasteiger partial charge < -0.3 is 15.6 Å². The molecule has 9 nitrogen and oxygen atoms in total. The van der Waals surface area contributed by atoms with E-state index in [9.17, 15) is 18.0 Å². The van der Waals surface area contributed by atoms with Gasteiger partial charge in [-0.05, 0) is 30.5 Å². The number of primary sulfonamides is 1. The molecule has 0 aliphatic heterocycles. The average molecular weight is 393 g/mol. The maximum Gasteiger partial charge on any atom is 0.238 e. The number of hydrogen-bond donors (Lipinski definition) is 4. The topological polar surface area (TPSA) is 147 Å². The largest absolute Gasteiger partial charge is 0.356 e. The Kier molecular flexibility index (Phi) is 7.50. The van der Waals surface area contributed by atoms with Crippen LogP contribution in [0.25, 0.3) is 0 Å². The monoisotopic (exact) mass is 393 g/mol. The molecule has 27 heavy (non-hydrogen) atoms. The van der Waals surface area contributed by atoms with E-state index >= 15 is 0 Å². The van der Waals surface area contributed by atoms with Crippen LogP contribution in [-0.4, -0.2) is 43.3 Å². The molecule has 0 bridgehead atoms. The maximum atomic E-state index is 11.8. The second-order valence-corrected chi connectivity index (χ2v) is 7.56. The molecule has 0 fully saturated rings. The van der Waals surface area contributed by atoms with Gasteiger partial charge in [0, 0.05) is 31.4 Å². The third kappa shape index (κ3) is 7.59. The highest BCUT2D eigenvalue weighted by Gasteiger charge is 2.07. The van der Waals surface area contributed by atoms with Crippen LogP contribution in [0.15, 0.2) is 41.7 Å². The summed E-state index contributed by atoms with van der Waals surface area (Å²) in [6.07, 6.45) is 4.78. The number of H-pyrrole nitrogens is 1. The maximum absolute atomic E-state index is 11.8. The lowest BCUT2D eigenvalue weighted by molar-refractivity contribution is -0.122. The van der Waals surface area contributed by atoms with Crippen molar-refractivity contribution in [3.8, 4) is 0 Å². The molecule has 0 atom stereocenters. The molecule has 2 aromatic rings. The van der Waals surface area contributed by atoms with E-state index in [1.807, 2.05) is 0 Å². The highest BCUT2D eigenvalue weighted by Crippen LogP contribution is 2.08. The van der Waals surface area contributed by atoms with Gasteiger partial charge in [-0.15, -0.1) is 0 Å². The zero-order valence-electron chi connectivity index (χ0n) is 14.8. The number of imidazole rings is 1. The fourth-order valence-corrected chi connectivity index (χ4v) is 2.89. The molecule has 0 saturated carbocycles. The molecular weight excluding hydrogens is 370 g/mol. The lowest BCUT2D eigenvalue weighted by atomic mass is 10.1. The van der Waals surface area contributed by atoms with Gasteiger partial charge in [0.15, 0.2) is 0 Å². The fourth-order valence-electron chi connectivity index (χ4n) is 2.37. The van der Waals surface area contributed by atoms with Gasteiger partial charge in [-0.1, -0.05) is 12.1 Å². The number of nitrogens with zero attached hydrogens (tertiary/aromatic N) is 1. The fraction of sp³-hybridized carbons (Fsp3) is 0.353. The van der Waals surface area contributed by atoms with Gasteiger partial charge in [-0.3, -0.25) is 9.59 Å². The number of sulfonamides is 1. The minimum Gasteiger partial charge on any atom is -0.356 e. The van der Waals surface area contributed by atoms with E-state index < -0.39 is 10.0 Å². The number of rotatable bonds is 10. The smallest absolute Gasteiger partial charge is 0.238 e. The van der Waals surface area contributed by atoms with Crippen molar-refractivity contribution in [2.24, 2.45) is 5.14 Å². The number of hydrogen-bond acceptors (Lipinski definition) is 5. The quantitative estimate of drug-likeness (QED) is 0.415. The van der Waals surface area contributed by atoms with Gasteiger partial charge in [0.2, 0.25) is 21.8 Å². The van der Waals surface area contributed by atoms with Crippen LogP contribution in [0.4, 0.5) is 0 Å². The zero-order valence-corrected chi connectivity index (χ0v) is 15.6. The van der Waals surface area contributed by atoms with Crippen LogP contribution in [0.5, 0.6) is 0 Å². The molecule has 0 spiro atoms. The molecule has 1 aromatic heterocycles. The predicted molar refractivity (Wildman–Crippen MR) is 99.1 cm³/mol. The second-order valence-electron chi connectivity index (χ2n) is 6.00. The van der Waals surface area contributed by atoms with E-state index in [1.54, 1.807) is 18.3 Å². The molecule has 0 aliphatic carbocycles. The Bertz CT molecular complexity index is 848. The minimum atomic E-state index is -3.69. The molecule has 5 N–H and O–H groups in total. The number of amides is 2. The summed E-state index contributed by atoms with van der Waals surface area (Å²) < 4.78 is 22.4. The molecule has 2 rings (SSSR count). The van der Waals surface area contributed by atoms with Crippen molar-refractivity contribution in [2.75, 3.05) is 13.1 Å². The molecule has 0 saturated heterocycles. The summed E-state index contributed by atoms with van der Waals surface area (Å²) in [6.45, 7) is 0.870. The third-order valence-electron chi connectivity index (χ3n) is 3.80. The van der Waals surface area contributed by atoms with E-state index in [1.165, 1.54) is 18.5 Å². The van der Waals surface area contributed by atoms with Crippen LogP contribution in [0.1, 0.15) is 24.1 Å². The normalized spacial score (nSPS) is 11.1. The number of carbonyl (C=O) groups is 2. The highest BCUT2D eigenvalue weighted by atomic mass is 32.2. The minimum absolute atomic E-state index is 0.0601. The summed E-state index contributed by atoms with van der Waals surface area (Å²) in [6, 6.07) is 6.22. The van der Waals surface area contributed by atoms with Gasteiger partial charge in [-0.2, -0.15) is 0 Å². The van der Waals surface area contributed by atoms with Crippen LogP contribution in [0.3, 0.4) is 0 Å². The highest BCUT2D eigenvalue weighted by molar-refractivity contribution is 7.89. The van der Waals surface area contributed by atoms with Crippen molar-refractivity contribution in [1.29, 1.82) is 0 Å². The molecule has 1 heterocycles. The van der Waals surface area contributed by atoms with Gasteiger partial charge in [0.1, 0.15) is 0 Å². The summed E-state index contributed by atoms with van der Waals surface area (Å²) >= 11 is 0. The summed E-state index contributed by atoms with van der Waals surface area (Å²) in [7, 11) is -3.69. The first kappa shape index (κ1) is 20.6. The second kappa shape index (κ2) is 9.83. The zero-order chi connectivity index (χ0) is 19.7. The molecule has 0 aliphatic rings. The van der Waals surface area contributed by atoms with Gasteiger partial charge in [0.05, 0.1) is 17.6 Å². The van der Waals surface area contributed by atoms with Crippen molar-refractivity contribution in [3.63, 3.8) is 0 Å². The number of nitrogens with one attached hydrogen (secondary N) is 3.